The van der Waals surface area contributed by atoms with Gasteiger partial charge in [0.15, 0.2) is 0 Å². The van der Waals surface area contributed by atoms with Crippen molar-refractivity contribution < 1.29 is 19.1 Å². The van der Waals surface area contributed by atoms with E-state index in [1.54, 1.807) is 44.4 Å². The SMILES string of the molecule is COC(=O)C1=C(C)N(c2cccc(OC)c2)C(=O)C1=Cc1cccc(C)c1. The minimum Gasteiger partial charge on any atom is -0.497 e. The van der Waals surface area contributed by atoms with Crippen LogP contribution >= 0.6 is 0 Å². The zero-order valence-electron chi connectivity index (χ0n) is 15.8. The molecular formula is C22H21NO4. The van der Waals surface area contributed by atoms with Crippen molar-refractivity contribution in [2.45, 2.75) is 13.8 Å². The number of hydrogen-bond acceptors (Lipinski definition) is 4. The summed E-state index contributed by atoms with van der Waals surface area (Å²) in [6.45, 7) is 3.71. The molecule has 1 amide bonds. The lowest BCUT2D eigenvalue weighted by Crippen LogP contribution is -2.24. The van der Waals surface area contributed by atoms with Crippen molar-refractivity contribution in [3.63, 3.8) is 0 Å². The Balaban J connectivity index is 2.14. The van der Waals surface area contributed by atoms with Crippen molar-refractivity contribution in [3.8, 4) is 5.75 Å². The second kappa shape index (κ2) is 7.50. The molecule has 1 aliphatic heterocycles. The number of methoxy groups -OCH3 is 2. The Hall–Kier alpha value is -3.34. The first-order chi connectivity index (χ1) is 13.0. The van der Waals surface area contributed by atoms with Crippen molar-refractivity contribution in [2.75, 3.05) is 19.1 Å². The van der Waals surface area contributed by atoms with Gasteiger partial charge in [-0.1, -0.05) is 35.9 Å². The number of aryl methyl sites for hydroxylation is 1. The summed E-state index contributed by atoms with van der Waals surface area (Å²) in [4.78, 5) is 27.1. The van der Waals surface area contributed by atoms with Crippen LogP contribution in [0.4, 0.5) is 5.69 Å². The van der Waals surface area contributed by atoms with Crippen molar-refractivity contribution in [1.29, 1.82) is 0 Å². The lowest BCUT2D eigenvalue weighted by atomic mass is 10.0. The van der Waals surface area contributed by atoms with Gasteiger partial charge in [-0.3, -0.25) is 9.69 Å². The highest BCUT2D eigenvalue weighted by molar-refractivity contribution is 6.23. The van der Waals surface area contributed by atoms with Gasteiger partial charge in [0.1, 0.15) is 5.75 Å². The summed E-state index contributed by atoms with van der Waals surface area (Å²) in [6, 6.07) is 14.9. The summed E-state index contributed by atoms with van der Waals surface area (Å²) in [5, 5.41) is 0. The van der Waals surface area contributed by atoms with Crippen molar-refractivity contribution in [1.82, 2.24) is 0 Å². The highest BCUT2D eigenvalue weighted by atomic mass is 16.5. The quantitative estimate of drug-likeness (QED) is 0.611. The van der Waals surface area contributed by atoms with Gasteiger partial charge in [-0.05, 0) is 37.6 Å². The average molecular weight is 363 g/mol. The van der Waals surface area contributed by atoms with Gasteiger partial charge >= 0.3 is 5.97 Å². The Morgan fingerprint density at radius 1 is 1.04 bits per heavy atom. The van der Waals surface area contributed by atoms with Crippen LogP contribution < -0.4 is 9.64 Å². The number of carbonyl (C=O) groups is 2. The first-order valence-electron chi connectivity index (χ1n) is 8.52. The number of amides is 1. The first-order valence-corrected chi connectivity index (χ1v) is 8.52. The zero-order chi connectivity index (χ0) is 19.6. The monoisotopic (exact) mass is 363 g/mol. The molecule has 3 rings (SSSR count). The Morgan fingerprint density at radius 3 is 2.44 bits per heavy atom. The van der Waals surface area contributed by atoms with Gasteiger partial charge in [-0.2, -0.15) is 0 Å². The third kappa shape index (κ3) is 3.49. The fourth-order valence-electron chi connectivity index (χ4n) is 3.17. The van der Waals surface area contributed by atoms with Gasteiger partial charge < -0.3 is 9.47 Å². The van der Waals surface area contributed by atoms with Crippen LogP contribution in [-0.4, -0.2) is 26.1 Å². The Morgan fingerprint density at radius 2 is 1.78 bits per heavy atom. The maximum atomic E-state index is 13.2. The summed E-state index contributed by atoms with van der Waals surface area (Å²) in [5.41, 5.74) is 3.66. The Kier molecular flexibility index (Phi) is 5.12. The average Bonchev–Trinajstić information content (AvgIpc) is 2.91. The fourth-order valence-corrected chi connectivity index (χ4v) is 3.17. The first kappa shape index (κ1) is 18.5. The second-order valence-electron chi connectivity index (χ2n) is 6.27. The molecule has 0 atom stereocenters. The number of benzene rings is 2. The number of esters is 1. The molecule has 0 saturated carbocycles. The minimum atomic E-state index is -0.537. The molecule has 0 unspecified atom stereocenters. The summed E-state index contributed by atoms with van der Waals surface area (Å²) < 4.78 is 10.2. The van der Waals surface area contributed by atoms with E-state index in [-0.39, 0.29) is 11.5 Å². The molecule has 0 spiro atoms. The molecule has 27 heavy (non-hydrogen) atoms. The molecule has 0 bridgehead atoms. The molecule has 0 aliphatic carbocycles. The number of allylic oxidation sites excluding steroid dienone is 1. The Bertz CT molecular complexity index is 972. The maximum absolute atomic E-state index is 13.2. The molecule has 0 fully saturated rings. The number of ether oxygens (including phenoxy) is 2. The van der Waals surface area contributed by atoms with Crippen LogP contribution in [-0.2, 0) is 14.3 Å². The standard InChI is InChI=1S/C22H21NO4/c1-14-7-5-8-16(11-14)12-19-20(22(25)27-4)15(2)23(21(19)24)17-9-6-10-18(13-17)26-3/h5-13H,1-4H3. The van der Waals surface area contributed by atoms with Crippen LogP contribution in [0.3, 0.4) is 0 Å². The number of carbonyl (C=O) groups excluding carboxylic acids is 2. The zero-order valence-corrected chi connectivity index (χ0v) is 15.8. The molecule has 138 valence electrons. The van der Waals surface area contributed by atoms with E-state index < -0.39 is 5.97 Å². The molecular weight excluding hydrogens is 342 g/mol. The van der Waals surface area contributed by atoms with E-state index in [1.807, 2.05) is 31.2 Å². The maximum Gasteiger partial charge on any atom is 0.340 e. The molecule has 5 heteroatoms. The van der Waals surface area contributed by atoms with Crippen LogP contribution in [0.25, 0.3) is 6.08 Å². The number of rotatable bonds is 4. The smallest absolute Gasteiger partial charge is 0.340 e. The molecule has 5 nitrogen and oxygen atoms in total. The summed E-state index contributed by atoms with van der Waals surface area (Å²) >= 11 is 0. The largest absolute Gasteiger partial charge is 0.497 e. The highest BCUT2D eigenvalue weighted by Crippen LogP contribution is 2.36. The molecule has 2 aromatic rings. The molecule has 2 aromatic carbocycles. The van der Waals surface area contributed by atoms with Gasteiger partial charge in [-0.15, -0.1) is 0 Å². The van der Waals surface area contributed by atoms with Gasteiger partial charge in [0, 0.05) is 11.8 Å². The number of hydrogen-bond donors (Lipinski definition) is 0. The van der Waals surface area contributed by atoms with Gasteiger partial charge in [0.25, 0.3) is 5.91 Å². The van der Waals surface area contributed by atoms with E-state index in [9.17, 15) is 9.59 Å². The third-order valence-electron chi connectivity index (χ3n) is 4.45. The van der Waals surface area contributed by atoms with E-state index in [2.05, 4.69) is 0 Å². The number of nitrogens with zero attached hydrogens (tertiary/aromatic N) is 1. The normalized spacial score (nSPS) is 15.5. The fraction of sp³-hybridized carbons (Fsp3) is 0.182. The van der Waals surface area contributed by atoms with Gasteiger partial charge in [-0.25, -0.2) is 4.79 Å². The lowest BCUT2D eigenvalue weighted by Gasteiger charge is -2.18. The van der Waals surface area contributed by atoms with E-state index >= 15 is 0 Å². The van der Waals surface area contributed by atoms with Crippen LogP contribution in [0.5, 0.6) is 5.75 Å². The van der Waals surface area contributed by atoms with Crippen LogP contribution in [0, 0.1) is 6.92 Å². The highest BCUT2D eigenvalue weighted by Gasteiger charge is 2.38. The summed E-state index contributed by atoms with van der Waals surface area (Å²) in [5.74, 6) is -0.184. The topological polar surface area (TPSA) is 55.8 Å². The molecule has 0 saturated heterocycles. The number of anilines is 1. The summed E-state index contributed by atoms with van der Waals surface area (Å²) in [7, 11) is 2.88. The van der Waals surface area contributed by atoms with E-state index in [0.717, 1.165) is 11.1 Å². The van der Waals surface area contributed by atoms with Crippen LogP contribution in [0.1, 0.15) is 18.1 Å². The molecule has 0 aromatic heterocycles. The van der Waals surface area contributed by atoms with Crippen LogP contribution in [0.2, 0.25) is 0 Å². The predicted octanol–water partition coefficient (Wildman–Crippen LogP) is 3.88. The minimum absolute atomic E-state index is 0.270. The molecule has 0 radical (unpaired) electrons. The van der Waals surface area contributed by atoms with E-state index in [4.69, 9.17) is 9.47 Å². The predicted molar refractivity (Wildman–Crippen MR) is 104 cm³/mol. The molecule has 1 heterocycles. The van der Waals surface area contributed by atoms with E-state index in [0.29, 0.717) is 22.7 Å². The van der Waals surface area contributed by atoms with Crippen molar-refractivity contribution >= 4 is 23.6 Å². The lowest BCUT2D eigenvalue weighted by molar-refractivity contribution is -0.136. The second-order valence-corrected chi connectivity index (χ2v) is 6.27. The Labute approximate surface area is 158 Å². The molecule has 1 aliphatic rings. The van der Waals surface area contributed by atoms with Gasteiger partial charge in [0.2, 0.25) is 0 Å². The van der Waals surface area contributed by atoms with Crippen molar-refractivity contribution in [2.24, 2.45) is 0 Å². The van der Waals surface area contributed by atoms with Crippen molar-refractivity contribution in [3.05, 3.63) is 76.5 Å². The third-order valence-corrected chi connectivity index (χ3v) is 4.45. The van der Waals surface area contributed by atoms with E-state index in [1.165, 1.54) is 12.0 Å². The van der Waals surface area contributed by atoms with Crippen LogP contribution in [0.15, 0.2) is 65.4 Å². The molecule has 0 N–H and O–H groups in total. The summed E-state index contributed by atoms with van der Waals surface area (Å²) in [6.07, 6.45) is 1.73. The van der Waals surface area contributed by atoms with Gasteiger partial charge in [0.05, 0.1) is 31.1 Å².